The predicted octanol–water partition coefficient (Wildman–Crippen LogP) is 0.780. The lowest BCUT2D eigenvalue weighted by Crippen LogP contribution is -2.40. The maximum absolute atomic E-state index is 11.6. The summed E-state index contributed by atoms with van der Waals surface area (Å²) in [5.41, 5.74) is 0. The number of amides is 1. The molecule has 0 spiro atoms. The zero-order valence-electron chi connectivity index (χ0n) is 13.7. The average Bonchev–Trinajstić information content (AvgIpc) is 2.94. The lowest BCUT2D eigenvalue weighted by atomic mass is 10.2. The lowest BCUT2D eigenvalue weighted by molar-refractivity contribution is -0.127. The molecule has 1 unspecified atom stereocenters. The highest BCUT2D eigenvalue weighted by atomic mass is 127. The Hall–Kier alpha value is -1.32. The molecule has 0 aliphatic heterocycles. The maximum atomic E-state index is 11.6. The van der Waals surface area contributed by atoms with Crippen molar-refractivity contribution in [3.05, 3.63) is 18.5 Å². The smallest absolute Gasteiger partial charge is 0.243 e. The Kier molecular flexibility index (Phi) is 10.6. The van der Waals surface area contributed by atoms with Crippen LogP contribution in [0.5, 0.6) is 0 Å². The molecule has 22 heavy (non-hydrogen) atoms. The van der Waals surface area contributed by atoms with Crippen LogP contribution in [0.1, 0.15) is 13.8 Å². The van der Waals surface area contributed by atoms with Crippen molar-refractivity contribution in [3.8, 4) is 0 Å². The van der Waals surface area contributed by atoms with Gasteiger partial charge >= 0.3 is 0 Å². The van der Waals surface area contributed by atoms with Gasteiger partial charge in [0.2, 0.25) is 5.91 Å². The molecule has 2 N–H and O–H groups in total. The average molecular weight is 422 g/mol. The number of carbonyl (C=O) groups excluding carboxylic acids is 1. The van der Waals surface area contributed by atoms with Gasteiger partial charge in [-0.05, 0) is 18.9 Å². The molecule has 1 heterocycles. The van der Waals surface area contributed by atoms with Crippen LogP contribution in [0.2, 0.25) is 0 Å². The summed E-state index contributed by atoms with van der Waals surface area (Å²) in [6, 6.07) is 1.92. The van der Waals surface area contributed by atoms with Gasteiger partial charge in [-0.2, -0.15) is 5.10 Å². The molecule has 0 radical (unpaired) electrons. The number of nitrogens with one attached hydrogen (secondary N) is 2. The molecule has 0 aromatic carbocycles. The SMILES string of the molecule is CCNC(=NCC(=O)N(C)C)NCC(C)Cn1cccn1.I. The van der Waals surface area contributed by atoms with Gasteiger partial charge in [0.25, 0.3) is 0 Å². The zero-order valence-corrected chi connectivity index (χ0v) is 16.1. The van der Waals surface area contributed by atoms with Crippen LogP contribution in [0.3, 0.4) is 0 Å². The zero-order chi connectivity index (χ0) is 15.7. The van der Waals surface area contributed by atoms with Gasteiger partial charge < -0.3 is 15.5 Å². The summed E-state index contributed by atoms with van der Waals surface area (Å²) in [5.74, 6) is 1.05. The predicted molar refractivity (Wildman–Crippen MR) is 99.5 cm³/mol. The van der Waals surface area contributed by atoms with Gasteiger partial charge in [-0.25, -0.2) is 4.99 Å². The molecule has 1 rings (SSSR count). The van der Waals surface area contributed by atoms with Gasteiger partial charge in [-0.3, -0.25) is 9.48 Å². The second-order valence-electron chi connectivity index (χ2n) is 5.20. The Morgan fingerprint density at radius 2 is 2.14 bits per heavy atom. The summed E-state index contributed by atoms with van der Waals surface area (Å²) < 4.78 is 1.91. The molecular weight excluding hydrogens is 395 g/mol. The third-order valence-electron chi connectivity index (χ3n) is 2.89. The minimum Gasteiger partial charge on any atom is -0.357 e. The second-order valence-corrected chi connectivity index (χ2v) is 5.20. The third kappa shape index (κ3) is 8.20. The number of hydrogen-bond acceptors (Lipinski definition) is 3. The van der Waals surface area contributed by atoms with Crippen molar-refractivity contribution in [3.63, 3.8) is 0 Å². The molecule has 1 atom stereocenters. The number of hydrogen-bond donors (Lipinski definition) is 2. The number of carbonyl (C=O) groups is 1. The van der Waals surface area contributed by atoms with E-state index in [1.54, 1.807) is 20.3 Å². The topological polar surface area (TPSA) is 74.6 Å². The van der Waals surface area contributed by atoms with Crippen LogP contribution in [0.15, 0.2) is 23.5 Å². The van der Waals surface area contributed by atoms with Crippen LogP contribution in [0, 0.1) is 5.92 Å². The van der Waals surface area contributed by atoms with E-state index in [1.165, 1.54) is 4.90 Å². The molecule has 8 heteroatoms. The molecule has 7 nitrogen and oxygen atoms in total. The fraction of sp³-hybridized carbons (Fsp3) is 0.643. The van der Waals surface area contributed by atoms with E-state index >= 15 is 0 Å². The first-order chi connectivity index (χ1) is 10.0. The number of rotatable bonds is 7. The van der Waals surface area contributed by atoms with Gasteiger partial charge in [0.1, 0.15) is 6.54 Å². The van der Waals surface area contributed by atoms with Crippen molar-refractivity contribution in [1.82, 2.24) is 25.3 Å². The van der Waals surface area contributed by atoms with Crippen LogP contribution < -0.4 is 10.6 Å². The number of halogens is 1. The molecule has 0 saturated carbocycles. The van der Waals surface area contributed by atoms with E-state index in [9.17, 15) is 4.79 Å². The van der Waals surface area contributed by atoms with Crippen molar-refractivity contribution in [1.29, 1.82) is 0 Å². The van der Waals surface area contributed by atoms with Crippen LogP contribution in [-0.4, -0.2) is 60.3 Å². The third-order valence-corrected chi connectivity index (χ3v) is 2.89. The fourth-order valence-electron chi connectivity index (χ4n) is 1.69. The summed E-state index contributed by atoms with van der Waals surface area (Å²) in [6.45, 7) is 6.66. The molecule has 126 valence electrons. The normalized spacial score (nSPS) is 12.3. The molecule has 1 amide bonds. The van der Waals surface area contributed by atoms with Gasteiger partial charge in [0, 0.05) is 46.1 Å². The van der Waals surface area contributed by atoms with Crippen LogP contribution in [0.4, 0.5) is 0 Å². The largest absolute Gasteiger partial charge is 0.357 e. The Labute approximate surface area is 149 Å². The maximum Gasteiger partial charge on any atom is 0.243 e. The van der Waals surface area contributed by atoms with Crippen molar-refractivity contribution < 1.29 is 4.79 Å². The van der Waals surface area contributed by atoms with E-state index in [4.69, 9.17) is 0 Å². The number of likely N-dealkylation sites (N-methyl/N-ethyl adjacent to an activating group) is 1. The van der Waals surface area contributed by atoms with E-state index in [2.05, 4.69) is 27.6 Å². The quantitative estimate of drug-likeness (QED) is 0.387. The summed E-state index contributed by atoms with van der Waals surface area (Å²) in [6.07, 6.45) is 3.73. The number of aliphatic imine (C=N–C) groups is 1. The van der Waals surface area contributed by atoms with Crippen molar-refractivity contribution in [2.24, 2.45) is 10.9 Å². The molecule has 1 aromatic rings. The van der Waals surface area contributed by atoms with E-state index in [-0.39, 0.29) is 36.4 Å². The Bertz CT molecular complexity index is 446. The van der Waals surface area contributed by atoms with Crippen LogP contribution in [-0.2, 0) is 11.3 Å². The molecular formula is C14H27IN6O. The first-order valence-corrected chi connectivity index (χ1v) is 7.22. The standard InChI is InChI=1S/C14H26N6O.HI/c1-5-15-14(17-10-13(21)19(3)4)16-9-12(2)11-20-8-6-7-18-20;/h6-8,12H,5,9-11H2,1-4H3,(H2,15,16,17);1H. The fourth-order valence-corrected chi connectivity index (χ4v) is 1.69. The second kappa shape index (κ2) is 11.3. The minimum absolute atomic E-state index is 0. The molecule has 0 fully saturated rings. The molecule has 1 aromatic heterocycles. The minimum atomic E-state index is -0.0169. The monoisotopic (exact) mass is 422 g/mol. The first kappa shape index (κ1) is 20.7. The van der Waals surface area contributed by atoms with Crippen LogP contribution >= 0.6 is 24.0 Å². The van der Waals surface area contributed by atoms with E-state index in [1.807, 2.05) is 23.9 Å². The molecule has 0 saturated heterocycles. The summed E-state index contributed by atoms with van der Waals surface area (Å²) in [7, 11) is 3.45. The Balaban J connectivity index is 0.00000441. The summed E-state index contributed by atoms with van der Waals surface area (Å²) in [5, 5.41) is 10.6. The van der Waals surface area contributed by atoms with Gasteiger partial charge in [0.05, 0.1) is 0 Å². The van der Waals surface area contributed by atoms with E-state index in [0.29, 0.717) is 11.9 Å². The highest BCUT2D eigenvalue weighted by Crippen LogP contribution is 1.97. The highest BCUT2D eigenvalue weighted by Gasteiger charge is 2.07. The number of aromatic nitrogens is 2. The van der Waals surface area contributed by atoms with Crippen molar-refractivity contribution in [2.45, 2.75) is 20.4 Å². The number of nitrogens with zero attached hydrogens (tertiary/aromatic N) is 4. The van der Waals surface area contributed by atoms with Crippen molar-refractivity contribution in [2.75, 3.05) is 33.7 Å². The number of guanidine groups is 1. The summed E-state index contributed by atoms with van der Waals surface area (Å²) >= 11 is 0. The van der Waals surface area contributed by atoms with E-state index < -0.39 is 0 Å². The lowest BCUT2D eigenvalue weighted by Gasteiger charge is -2.16. The molecule has 0 bridgehead atoms. The van der Waals surface area contributed by atoms with Crippen molar-refractivity contribution >= 4 is 35.8 Å². The summed E-state index contributed by atoms with van der Waals surface area (Å²) in [4.78, 5) is 17.4. The van der Waals surface area contributed by atoms with Gasteiger partial charge in [-0.15, -0.1) is 24.0 Å². The molecule has 0 aliphatic carbocycles. The van der Waals surface area contributed by atoms with Gasteiger partial charge in [0.15, 0.2) is 5.96 Å². The molecule has 0 aliphatic rings. The van der Waals surface area contributed by atoms with E-state index in [0.717, 1.165) is 19.6 Å². The first-order valence-electron chi connectivity index (χ1n) is 7.22. The van der Waals surface area contributed by atoms with Crippen LogP contribution in [0.25, 0.3) is 0 Å². The van der Waals surface area contributed by atoms with Gasteiger partial charge in [-0.1, -0.05) is 6.92 Å². The highest BCUT2D eigenvalue weighted by molar-refractivity contribution is 14.0. The Morgan fingerprint density at radius 3 is 2.68 bits per heavy atom. The Morgan fingerprint density at radius 1 is 1.41 bits per heavy atom.